The van der Waals surface area contributed by atoms with E-state index in [9.17, 15) is 18.8 Å². The lowest BCUT2D eigenvalue weighted by Crippen LogP contribution is -2.54. The highest BCUT2D eigenvalue weighted by Gasteiger charge is 2.27. The van der Waals surface area contributed by atoms with Crippen molar-refractivity contribution in [2.75, 3.05) is 26.2 Å². The van der Waals surface area contributed by atoms with Gasteiger partial charge in [0.25, 0.3) is 0 Å². The molecule has 136 valence electrons. The van der Waals surface area contributed by atoms with Gasteiger partial charge in [-0.15, -0.1) is 0 Å². The van der Waals surface area contributed by atoms with E-state index in [0.29, 0.717) is 38.2 Å². The van der Waals surface area contributed by atoms with Crippen molar-refractivity contribution in [2.24, 2.45) is 0 Å². The summed E-state index contributed by atoms with van der Waals surface area (Å²) in [5.74, 6) is -1.55. The molecule has 0 atom stereocenters. The van der Waals surface area contributed by atoms with E-state index in [1.54, 1.807) is 36.9 Å². The van der Waals surface area contributed by atoms with Crippen LogP contribution >= 0.6 is 0 Å². The molecule has 25 heavy (non-hydrogen) atoms. The molecular formula is C18H24FN3O3. The number of halogens is 1. The summed E-state index contributed by atoms with van der Waals surface area (Å²) in [6, 6.07) is 6.32. The number of hydrogen-bond acceptors (Lipinski definition) is 3. The molecule has 1 heterocycles. The third kappa shape index (κ3) is 5.27. The van der Waals surface area contributed by atoms with E-state index in [0.717, 1.165) is 0 Å². The molecular weight excluding hydrogens is 325 g/mol. The Morgan fingerprint density at radius 1 is 1.08 bits per heavy atom. The maximum Gasteiger partial charge on any atom is 0.312 e. The SMILES string of the molecule is CC(C)NC(=O)C(=O)N1CCN(C(=O)CCc2ccccc2F)CC1. The van der Waals surface area contributed by atoms with E-state index in [1.807, 2.05) is 0 Å². The molecule has 3 amide bonds. The van der Waals surface area contributed by atoms with Crippen molar-refractivity contribution in [1.82, 2.24) is 15.1 Å². The first kappa shape index (κ1) is 18.9. The highest BCUT2D eigenvalue weighted by Crippen LogP contribution is 2.11. The predicted molar refractivity (Wildman–Crippen MR) is 91.2 cm³/mol. The number of aryl methyl sites for hydroxylation is 1. The number of amides is 3. The van der Waals surface area contributed by atoms with Crippen LogP contribution in [0, 0.1) is 5.82 Å². The standard InChI is InChI=1S/C18H24FN3O3/c1-13(2)20-17(24)18(25)22-11-9-21(10-12-22)16(23)8-7-14-5-3-4-6-15(14)19/h3-6,13H,7-12H2,1-2H3,(H,20,24). The zero-order valence-corrected chi connectivity index (χ0v) is 14.6. The molecule has 1 saturated heterocycles. The minimum absolute atomic E-state index is 0.0676. The fraction of sp³-hybridized carbons (Fsp3) is 0.500. The van der Waals surface area contributed by atoms with Crippen molar-refractivity contribution in [2.45, 2.75) is 32.7 Å². The Balaban J connectivity index is 1.79. The van der Waals surface area contributed by atoms with Crippen LogP contribution in [0.3, 0.4) is 0 Å². The molecule has 1 aromatic carbocycles. The Kier molecular flexibility index (Phi) is 6.50. The molecule has 1 fully saturated rings. The average Bonchev–Trinajstić information content (AvgIpc) is 2.59. The molecule has 0 radical (unpaired) electrons. The van der Waals surface area contributed by atoms with E-state index in [4.69, 9.17) is 0 Å². The van der Waals surface area contributed by atoms with Gasteiger partial charge in [0.1, 0.15) is 5.82 Å². The summed E-state index contributed by atoms with van der Waals surface area (Å²) in [6.45, 7) is 5.01. The van der Waals surface area contributed by atoms with Crippen LogP contribution in [-0.2, 0) is 20.8 Å². The molecule has 0 aromatic heterocycles. The van der Waals surface area contributed by atoms with Crippen LogP contribution in [0.5, 0.6) is 0 Å². The van der Waals surface area contributed by atoms with E-state index in [-0.39, 0.29) is 24.2 Å². The van der Waals surface area contributed by atoms with Gasteiger partial charge in [0.15, 0.2) is 0 Å². The van der Waals surface area contributed by atoms with Crippen molar-refractivity contribution in [3.63, 3.8) is 0 Å². The lowest BCUT2D eigenvalue weighted by Gasteiger charge is -2.34. The monoisotopic (exact) mass is 349 g/mol. The maximum absolute atomic E-state index is 13.6. The average molecular weight is 349 g/mol. The minimum Gasteiger partial charge on any atom is -0.346 e. The highest BCUT2D eigenvalue weighted by molar-refractivity contribution is 6.35. The van der Waals surface area contributed by atoms with Crippen LogP contribution in [0.15, 0.2) is 24.3 Å². The molecule has 1 aliphatic heterocycles. The molecule has 2 rings (SSSR count). The van der Waals surface area contributed by atoms with Crippen LogP contribution in [-0.4, -0.2) is 59.7 Å². The Morgan fingerprint density at radius 2 is 1.68 bits per heavy atom. The first-order valence-electron chi connectivity index (χ1n) is 8.49. The van der Waals surface area contributed by atoms with Gasteiger partial charge in [-0.2, -0.15) is 0 Å². The van der Waals surface area contributed by atoms with Crippen molar-refractivity contribution in [3.8, 4) is 0 Å². The van der Waals surface area contributed by atoms with Crippen LogP contribution in [0.4, 0.5) is 4.39 Å². The third-order valence-corrected chi connectivity index (χ3v) is 4.10. The highest BCUT2D eigenvalue weighted by atomic mass is 19.1. The van der Waals surface area contributed by atoms with Gasteiger partial charge in [-0.25, -0.2) is 4.39 Å². The summed E-state index contributed by atoms with van der Waals surface area (Å²) in [4.78, 5) is 39.1. The topological polar surface area (TPSA) is 69.7 Å². The van der Waals surface area contributed by atoms with Gasteiger partial charge in [-0.1, -0.05) is 18.2 Å². The summed E-state index contributed by atoms with van der Waals surface area (Å²) < 4.78 is 13.6. The van der Waals surface area contributed by atoms with E-state index < -0.39 is 11.8 Å². The van der Waals surface area contributed by atoms with Gasteiger partial charge in [0.05, 0.1) is 0 Å². The molecule has 0 bridgehead atoms. The second-order valence-electron chi connectivity index (χ2n) is 6.39. The fourth-order valence-electron chi connectivity index (χ4n) is 2.73. The zero-order valence-electron chi connectivity index (χ0n) is 14.6. The van der Waals surface area contributed by atoms with Gasteiger partial charge >= 0.3 is 11.8 Å². The normalized spacial score (nSPS) is 14.6. The number of nitrogens with zero attached hydrogens (tertiary/aromatic N) is 2. The molecule has 1 aliphatic rings. The Hall–Kier alpha value is -2.44. The number of rotatable bonds is 4. The summed E-state index contributed by atoms with van der Waals surface area (Å²) in [7, 11) is 0. The molecule has 0 unspecified atom stereocenters. The second-order valence-corrected chi connectivity index (χ2v) is 6.39. The quantitative estimate of drug-likeness (QED) is 0.823. The number of benzene rings is 1. The maximum atomic E-state index is 13.6. The van der Waals surface area contributed by atoms with Crippen LogP contribution in [0.1, 0.15) is 25.8 Å². The lowest BCUT2D eigenvalue weighted by atomic mass is 10.1. The molecule has 6 nitrogen and oxygen atoms in total. The van der Waals surface area contributed by atoms with Crippen molar-refractivity contribution in [1.29, 1.82) is 0 Å². The van der Waals surface area contributed by atoms with Crippen LogP contribution in [0.25, 0.3) is 0 Å². The molecule has 0 aliphatic carbocycles. The molecule has 1 N–H and O–H groups in total. The number of hydrogen-bond donors (Lipinski definition) is 1. The van der Waals surface area contributed by atoms with E-state index in [2.05, 4.69) is 5.32 Å². The number of piperazine rings is 1. The van der Waals surface area contributed by atoms with Gasteiger partial charge < -0.3 is 15.1 Å². The largest absolute Gasteiger partial charge is 0.346 e. The number of carbonyl (C=O) groups excluding carboxylic acids is 3. The van der Waals surface area contributed by atoms with Crippen molar-refractivity contribution in [3.05, 3.63) is 35.6 Å². The van der Waals surface area contributed by atoms with Crippen LogP contribution in [0.2, 0.25) is 0 Å². The first-order chi connectivity index (χ1) is 11.9. The zero-order chi connectivity index (χ0) is 18.4. The first-order valence-corrected chi connectivity index (χ1v) is 8.49. The predicted octanol–water partition coefficient (Wildman–Crippen LogP) is 0.954. The number of carbonyl (C=O) groups is 3. The van der Waals surface area contributed by atoms with E-state index in [1.165, 1.54) is 11.0 Å². The fourth-order valence-corrected chi connectivity index (χ4v) is 2.73. The Morgan fingerprint density at radius 3 is 2.28 bits per heavy atom. The van der Waals surface area contributed by atoms with Crippen molar-refractivity contribution >= 4 is 17.7 Å². The van der Waals surface area contributed by atoms with Gasteiger partial charge in [-0.05, 0) is 31.9 Å². The summed E-state index contributed by atoms with van der Waals surface area (Å²) in [5.41, 5.74) is 0.523. The molecule has 0 saturated carbocycles. The lowest BCUT2D eigenvalue weighted by molar-refractivity contribution is -0.148. The summed E-state index contributed by atoms with van der Waals surface area (Å²) in [5, 5.41) is 2.57. The summed E-state index contributed by atoms with van der Waals surface area (Å²) >= 11 is 0. The molecule has 1 aromatic rings. The number of nitrogens with one attached hydrogen (secondary N) is 1. The van der Waals surface area contributed by atoms with Crippen molar-refractivity contribution < 1.29 is 18.8 Å². The smallest absolute Gasteiger partial charge is 0.312 e. The van der Waals surface area contributed by atoms with E-state index >= 15 is 0 Å². The summed E-state index contributed by atoms with van der Waals surface area (Å²) in [6.07, 6.45) is 0.574. The van der Waals surface area contributed by atoms with Gasteiger partial charge in [-0.3, -0.25) is 14.4 Å². The molecule has 0 spiro atoms. The van der Waals surface area contributed by atoms with Gasteiger partial charge in [0, 0.05) is 38.6 Å². The van der Waals surface area contributed by atoms with Crippen LogP contribution < -0.4 is 5.32 Å². The third-order valence-electron chi connectivity index (χ3n) is 4.10. The Bertz CT molecular complexity index is 640. The second kappa shape index (κ2) is 8.60. The minimum atomic E-state index is -0.616. The molecule has 7 heteroatoms. The van der Waals surface area contributed by atoms with Gasteiger partial charge in [0.2, 0.25) is 5.91 Å². The Labute approximate surface area is 147 Å².